The van der Waals surface area contributed by atoms with Gasteiger partial charge < -0.3 is 9.26 Å². The number of nitrogens with zero attached hydrogens (tertiary/aromatic N) is 1. The van der Waals surface area contributed by atoms with Gasteiger partial charge in [-0.2, -0.15) is 0 Å². The topological polar surface area (TPSA) is 69.4 Å². The first-order chi connectivity index (χ1) is 13.8. The van der Waals surface area contributed by atoms with Crippen molar-refractivity contribution in [3.8, 4) is 28.1 Å². The van der Waals surface area contributed by atoms with Gasteiger partial charge in [-0.15, -0.1) is 13.2 Å². The summed E-state index contributed by atoms with van der Waals surface area (Å²) in [6.45, 7) is 2.86. The fourth-order valence-corrected chi connectivity index (χ4v) is 3.83. The molecule has 0 saturated carbocycles. The second-order valence-corrected chi connectivity index (χ2v) is 8.48. The first-order valence-corrected chi connectivity index (χ1v) is 10.2. The summed E-state index contributed by atoms with van der Waals surface area (Å²) in [6, 6.07) is 5.37. The van der Waals surface area contributed by atoms with Crippen LogP contribution in [0.4, 0.5) is 22.0 Å². The second kappa shape index (κ2) is 7.38. The molecule has 3 aromatic rings. The Balaban J connectivity index is 2.12. The summed E-state index contributed by atoms with van der Waals surface area (Å²) in [6.07, 6.45) is -4.18. The lowest BCUT2D eigenvalue weighted by atomic mass is 9.98. The van der Waals surface area contributed by atoms with Gasteiger partial charge in [0.15, 0.2) is 9.84 Å². The summed E-state index contributed by atoms with van der Waals surface area (Å²) in [5, 5.41) is 3.84. The molecular weight excluding hydrogens is 433 g/mol. The van der Waals surface area contributed by atoms with Crippen LogP contribution >= 0.6 is 0 Å². The molecule has 0 amide bonds. The number of aromatic nitrogens is 1. The first kappa shape index (κ1) is 21.8. The van der Waals surface area contributed by atoms with E-state index in [9.17, 15) is 30.4 Å². The molecule has 0 spiro atoms. The van der Waals surface area contributed by atoms with Crippen LogP contribution in [0.3, 0.4) is 0 Å². The molecule has 1 aromatic heterocycles. The lowest BCUT2D eigenvalue weighted by Crippen LogP contribution is -2.17. The third-order valence-electron chi connectivity index (χ3n) is 4.19. The van der Waals surface area contributed by atoms with E-state index in [0.29, 0.717) is 11.8 Å². The number of benzene rings is 2. The standard InChI is InChI=1S/C19H14F5NO4S/c1-9-6-11(4-5-15(9)28-19(22,23)24)17-16(10(2)29-25-17)12-7-13(20)18(14(21)8-12)30(3,26)27/h4-8H,1-3H3. The largest absolute Gasteiger partial charge is 0.573 e. The maximum atomic E-state index is 14.3. The third kappa shape index (κ3) is 4.30. The molecule has 0 radical (unpaired) electrons. The van der Waals surface area contributed by atoms with Gasteiger partial charge in [0, 0.05) is 11.8 Å². The lowest BCUT2D eigenvalue weighted by Gasteiger charge is -2.12. The predicted molar refractivity (Wildman–Crippen MR) is 96.6 cm³/mol. The Hall–Kier alpha value is -2.95. The van der Waals surface area contributed by atoms with Crippen LogP contribution in [0.25, 0.3) is 22.4 Å². The van der Waals surface area contributed by atoms with E-state index in [2.05, 4.69) is 9.89 Å². The van der Waals surface area contributed by atoms with E-state index < -0.39 is 38.5 Å². The van der Waals surface area contributed by atoms with Gasteiger partial charge in [0.1, 0.15) is 33.7 Å². The molecule has 0 fully saturated rings. The van der Waals surface area contributed by atoms with Crippen molar-refractivity contribution in [2.75, 3.05) is 6.26 Å². The molecule has 0 aliphatic rings. The van der Waals surface area contributed by atoms with E-state index in [1.54, 1.807) is 0 Å². The number of rotatable bonds is 4. The van der Waals surface area contributed by atoms with Crippen molar-refractivity contribution in [2.24, 2.45) is 0 Å². The number of hydrogen-bond donors (Lipinski definition) is 0. The van der Waals surface area contributed by atoms with Gasteiger partial charge in [0.2, 0.25) is 0 Å². The Labute approximate surface area is 168 Å². The highest BCUT2D eigenvalue weighted by atomic mass is 32.2. The quantitative estimate of drug-likeness (QED) is 0.514. The number of alkyl halides is 3. The second-order valence-electron chi connectivity index (χ2n) is 6.53. The van der Waals surface area contributed by atoms with Crippen LogP contribution in [0, 0.1) is 25.5 Å². The van der Waals surface area contributed by atoms with Crippen LogP contribution in [0.2, 0.25) is 0 Å². The summed E-state index contributed by atoms with van der Waals surface area (Å²) in [5.41, 5.74) is 0.680. The maximum absolute atomic E-state index is 14.3. The van der Waals surface area contributed by atoms with Gasteiger partial charge in [0.05, 0.1) is 5.56 Å². The summed E-state index contributed by atoms with van der Waals surface area (Å²) >= 11 is 0. The zero-order valence-electron chi connectivity index (χ0n) is 15.8. The molecule has 0 atom stereocenters. The number of hydrogen-bond acceptors (Lipinski definition) is 5. The van der Waals surface area contributed by atoms with E-state index in [-0.39, 0.29) is 28.1 Å². The molecule has 30 heavy (non-hydrogen) atoms. The first-order valence-electron chi connectivity index (χ1n) is 8.30. The molecule has 160 valence electrons. The van der Waals surface area contributed by atoms with Crippen molar-refractivity contribution in [1.82, 2.24) is 5.16 Å². The summed E-state index contributed by atoms with van der Waals surface area (Å²) in [5.74, 6) is -2.82. The van der Waals surface area contributed by atoms with Crippen molar-refractivity contribution < 1.29 is 39.6 Å². The minimum atomic E-state index is -4.86. The minimum absolute atomic E-state index is 0.0422. The van der Waals surface area contributed by atoms with Gasteiger partial charge in [-0.05, 0) is 55.3 Å². The molecular formula is C19H14F5NO4S. The lowest BCUT2D eigenvalue weighted by molar-refractivity contribution is -0.274. The van der Waals surface area contributed by atoms with Crippen molar-refractivity contribution in [3.05, 3.63) is 53.3 Å². The molecule has 5 nitrogen and oxygen atoms in total. The van der Waals surface area contributed by atoms with Gasteiger partial charge >= 0.3 is 6.36 Å². The highest BCUT2D eigenvalue weighted by Crippen LogP contribution is 2.38. The Morgan fingerprint density at radius 2 is 1.60 bits per heavy atom. The smallest absolute Gasteiger partial charge is 0.406 e. The fourth-order valence-electron chi connectivity index (χ4n) is 3.00. The van der Waals surface area contributed by atoms with Gasteiger partial charge in [0.25, 0.3) is 0 Å². The Morgan fingerprint density at radius 3 is 2.10 bits per heavy atom. The number of ether oxygens (including phenoxy) is 1. The Bertz CT molecular complexity index is 1210. The van der Waals surface area contributed by atoms with Crippen LogP contribution in [0.1, 0.15) is 11.3 Å². The highest BCUT2D eigenvalue weighted by Gasteiger charge is 2.32. The van der Waals surface area contributed by atoms with Crippen LogP contribution in [-0.2, 0) is 9.84 Å². The molecule has 0 aliphatic heterocycles. The van der Waals surface area contributed by atoms with E-state index in [4.69, 9.17) is 4.52 Å². The normalized spacial score (nSPS) is 12.3. The van der Waals surface area contributed by atoms with Gasteiger partial charge in [-0.3, -0.25) is 0 Å². The zero-order chi connectivity index (χ0) is 22.4. The van der Waals surface area contributed by atoms with Crippen LogP contribution < -0.4 is 4.74 Å². The molecule has 0 bridgehead atoms. The molecule has 0 saturated heterocycles. The van der Waals surface area contributed by atoms with E-state index >= 15 is 0 Å². The maximum Gasteiger partial charge on any atom is 0.573 e. The molecule has 0 aliphatic carbocycles. The average molecular weight is 447 g/mol. The molecule has 2 aromatic carbocycles. The third-order valence-corrected chi connectivity index (χ3v) is 5.33. The van der Waals surface area contributed by atoms with Crippen molar-refractivity contribution in [1.29, 1.82) is 0 Å². The van der Waals surface area contributed by atoms with E-state index in [1.165, 1.54) is 26.0 Å². The molecule has 1 heterocycles. The number of halogens is 5. The number of aryl methyl sites for hydroxylation is 2. The highest BCUT2D eigenvalue weighted by molar-refractivity contribution is 7.90. The Kier molecular flexibility index (Phi) is 5.35. The SMILES string of the molecule is Cc1cc(-c2noc(C)c2-c2cc(F)c(S(C)(=O)=O)c(F)c2)ccc1OC(F)(F)F. The minimum Gasteiger partial charge on any atom is -0.406 e. The van der Waals surface area contributed by atoms with Crippen molar-refractivity contribution in [3.63, 3.8) is 0 Å². The zero-order valence-corrected chi connectivity index (χ0v) is 16.6. The predicted octanol–water partition coefficient (Wildman–Crippen LogP) is 5.21. The van der Waals surface area contributed by atoms with Crippen LogP contribution in [0.15, 0.2) is 39.8 Å². The summed E-state index contributed by atoms with van der Waals surface area (Å²) in [4.78, 5) is -1.06. The molecule has 0 unspecified atom stereocenters. The Morgan fingerprint density at radius 1 is 1.00 bits per heavy atom. The van der Waals surface area contributed by atoms with E-state index in [0.717, 1.165) is 18.2 Å². The fraction of sp³-hybridized carbons (Fsp3) is 0.211. The summed E-state index contributed by atoms with van der Waals surface area (Å²) in [7, 11) is -4.14. The van der Waals surface area contributed by atoms with Gasteiger partial charge in [-0.25, -0.2) is 17.2 Å². The average Bonchev–Trinajstić information content (AvgIpc) is 2.95. The van der Waals surface area contributed by atoms with Crippen LogP contribution in [0.5, 0.6) is 5.75 Å². The monoisotopic (exact) mass is 447 g/mol. The molecule has 3 rings (SSSR count). The van der Waals surface area contributed by atoms with Crippen molar-refractivity contribution in [2.45, 2.75) is 25.1 Å². The number of sulfone groups is 1. The van der Waals surface area contributed by atoms with E-state index in [1.807, 2.05) is 0 Å². The summed E-state index contributed by atoms with van der Waals surface area (Å²) < 4.78 is 98.3. The van der Waals surface area contributed by atoms with Gasteiger partial charge in [-0.1, -0.05) is 5.16 Å². The van der Waals surface area contributed by atoms with Crippen molar-refractivity contribution >= 4 is 9.84 Å². The molecule has 0 N–H and O–H groups in total. The molecule has 11 heteroatoms. The van der Waals surface area contributed by atoms with Crippen LogP contribution in [-0.4, -0.2) is 26.2 Å².